The van der Waals surface area contributed by atoms with Crippen LogP contribution >= 0.6 is 0 Å². The highest BCUT2D eigenvalue weighted by Crippen LogP contribution is 2.22. The number of rotatable bonds is 5. The minimum Gasteiger partial charge on any atom is -0.341 e. The van der Waals surface area contributed by atoms with Gasteiger partial charge in [0.1, 0.15) is 0 Å². The van der Waals surface area contributed by atoms with Gasteiger partial charge in [0.05, 0.1) is 4.90 Å². The van der Waals surface area contributed by atoms with Crippen molar-refractivity contribution in [1.29, 1.82) is 0 Å². The molecule has 1 fully saturated rings. The molecule has 134 valence electrons. The van der Waals surface area contributed by atoms with E-state index in [1.165, 1.54) is 4.31 Å². The Kier molecular flexibility index (Phi) is 6.40. The maximum Gasteiger partial charge on any atom is 0.243 e. The Balaban J connectivity index is 2.11. The van der Waals surface area contributed by atoms with Crippen LogP contribution < -0.4 is 0 Å². The first kappa shape index (κ1) is 18.9. The molecule has 0 aliphatic carbocycles. The van der Waals surface area contributed by atoms with E-state index in [1.807, 2.05) is 30.9 Å². The third-order valence-electron chi connectivity index (χ3n) is 4.50. The van der Waals surface area contributed by atoms with E-state index in [2.05, 4.69) is 6.92 Å². The first-order valence-electron chi connectivity index (χ1n) is 8.71. The summed E-state index contributed by atoms with van der Waals surface area (Å²) in [4.78, 5) is 14.4. The number of hydrogen-bond acceptors (Lipinski definition) is 3. The van der Waals surface area contributed by atoms with Crippen molar-refractivity contribution < 1.29 is 13.2 Å². The van der Waals surface area contributed by atoms with Gasteiger partial charge in [-0.25, -0.2) is 8.42 Å². The molecule has 1 aromatic carbocycles. The quantitative estimate of drug-likeness (QED) is 0.819. The number of hydrogen-bond donors (Lipinski definition) is 0. The Morgan fingerprint density at radius 1 is 1.12 bits per heavy atom. The molecule has 0 bridgehead atoms. The van der Waals surface area contributed by atoms with E-state index >= 15 is 0 Å². The highest BCUT2D eigenvalue weighted by Gasteiger charge is 2.29. The van der Waals surface area contributed by atoms with Crippen LogP contribution in [-0.2, 0) is 14.8 Å². The van der Waals surface area contributed by atoms with Crippen molar-refractivity contribution in [3.8, 4) is 0 Å². The average Bonchev–Trinajstić information content (AvgIpc) is 2.78. The van der Waals surface area contributed by atoms with Gasteiger partial charge in [-0.15, -0.1) is 0 Å². The van der Waals surface area contributed by atoms with E-state index in [0.29, 0.717) is 43.9 Å². The van der Waals surface area contributed by atoms with Crippen LogP contribution in [-0.4, -0.2) is 49.7 Å². The van der Waals surface area contributed by atoms with Gasteiger partial charge in [-0.2, -0.15) is 4.31 Å². The zero-order valence-electron chi connectivity index (χ0n) is 14.9. The third-order valence-corrected chi connectivity index (χ3v) is 6.56. The van der Waals surface area contributed by atoms with Gasteiger partial charge in [0, 0.05) is 32.6 Å². The van der Waals surface area contributed by atoms with Crippen LogP contribution in [0, 0.1) is 13.8 Å². The molecule has 2 rings (SSSR count). The molecule has 0 radical (unpaired) electrons. The zero-order valence-corrected chi connectivity index (χ0v) is 15.7. The van der Waals surface area contributed by atoms with Crippen LogP contribution in [0.5, 0.6) is 0 Å². The maximum atomic E-state index is 12.9. The van der Waals surface area contributed by atoms with E-state index in [1.54, 1.807) is 6.07 Å². The first-order chi connectivity index (χ1) is 11.4. The number of amides is 1. The number of unbranched alkanes of at least 4 members (excludes halogenated alkanes) is 1. The van der Waals surface area contributed by atoms with Crippen LogP contribution in [0.3, 0.4) is 0 Å². The van der Waals surface area contributed by atoms with E-state index in [-0.39, 0.29) is 5.91 Å². The Hall–Kier alpha value is -1.40. The highest BCUT2D eigenvalue weighted by atomic mass is 32.2. The molecule has 1 aliphatic rings. The van der Waals surface area contributed by atoms with E-state index in [4.69, 9.17) is 0 Å². The topological polar surface area (TPSA) is 57.7 Å². The second-order valence-corrected chi connectivity index (χ2v) is 8.42. The summed E-state index contributed by atoms with van der Waals surface area (Å²) in [7, 11) is -3.50. The van der Waals surface area contributed by atoms with Crippen molar-refractivity contribution in [2.24, 2.45) is 0 Å². The van der Waals surface area contributed by atoms with Crippen molar-refractivity contribution in [2.45, 2.75) is 51.3 Å². The SMILES string of the molecule is CCCCC(=O)N1CCCN(S(=O)(=O)c2ccc(C)cc2C)CC1. The first-order valence-corrected chi connectivity index (χ1v) is 10.2. The van der Waals surface area contributed by atoms with Gasteiger partial charge in [-0.05, 0) is 38.3 Å². The second-order valence-electron chi connectivity index (χ2n) is 6.51. The molecule has 1 heterocycles. The molecule has 24 heavy (non-hydrogen) atoms. The number of carbonyl (C=O) groups is 1. The predicted molar refractivity (Wildman–Crippen MR) is 95.4 cm³/mol. The summed E-state index contributed by atoms with van der Waals surface area (Å²) in [5.41, 5.74) is 1.82. The molecule has 0 spiro atoms. The molecule has 1 aliphatic heterocycles. The number of aryl methyl sites for hydroxylation is 2. The zero-order chi connectivity index (χ0) is 17.7. The monoisotopic (exact) mass is 352 g/mol. The molecule has 5 nitrogen and oxygen atoms in total. The van der Waals surface area contributed by atoms with Gasteiger partial charge in [-0.3, -0.25) is 4.79 Å². The lowest BCUT2D eigenvalue weighted by atomic mass is 10.2. The maximum absolute atomic E-state index is 12.9. The number of sulfonamides is 1. The Morgan fingerprint density at radius 2 is 1.88 bits per heavy atom. The van der Waals surface area contributed by atoms with E-state index in [9.17, 15) is 13.2 Å². The molecular formula is C18H28N2O3S. The molecule has 1 aromatic rings. The number of carbonyl (C=O) groups excluding carboxylic acids is 1. The summed E-state index contributed by atoms with van der Waals surface area (Å²) >= 11 is 0. The summed E-state index contributed by atoms with van der Waals surface area (Å²) in [6.07, 6.45) is 3.12. The van der Waals surface area contributed by atoms with Crippen molar-refractivity contribution >= 4 is 15.9 Å². The predicted octanol–water partition coefficient (Wildman–Crippen LogP) is 2.72. The Labute approximate surface area is 145 Å². The standard InChI is InChI=1S/C18H28N2O3S/c1-4-5-7-18(21)19-10-6-11-20(13-12-19)24(22,23)17-9-8-15(2)14-16(17)3/h8-9,14H,4-7,10-13H2,1-3H3. The number of benzene rings is 1. The van der Waals surface area contributed by atoms with Gasteiger partial charge in [0.25, 0.3) is 0 Å². The van der Waals surface area contributed by atoms with Crippen molar-refractivity contribution in [1.82, 2.24) is 9.21 Å². The van der Waals surface area contributed by atoms with Crippen molar-refractivity contribution in [3.63, 3.8) is 0 Å². The summed E-state index contributed by atoms with van der Waals surface area (Å²) < 4.78 is 27.4. The van der Waals surface area contributed by atoms with Gasteiger partial charge in [0.15, 0.2) is 0 Å². The van der Waals surface area contributed by atoms with Gasteiger partial charge < -0.3 is 4.90 Å². The van der Waals surface area contributed by atoms with E-state index < -0.39 is 10.0 Å². The molecule has 1 saturated heterocycles. The number of nitrogens with zero attached hydrogens (tertiary/aromatic N) is 2. The van der Waals surface area contributed by atoms with Crippen LogP contribution in [0.4, 0.5) is 0 Å². The van der Waals surface area contributed by atoms with Gasteiger partial charge >= 0.3 is 0 Å². The normalized spacial score (nSPS) is 16.9. The van der Waals surface area contributed by atoms with Crippen LogP contribution in [0.15, 0.2) is 23.1 Å². The molecule has 0 atom stereocenters. The van der Waals surface area contributed by atoms with Crippen LogP contribution in [0.2, 0.25) is 0 Å². The Bertz CT molecular complexity index is 686. The molecule has 6 heteroatoms. The minimum absolute atomic E-state index is 0.141. The Morgan fingerprint density at radius 3 is 2.54 bits per heavy atom. The van der Waals surface area contributed by atoms with Gasteiger partial charge in [-0.1, -0.05) is 31.0 Å². The molecule has 0 aromatic heterocycles. The summed E-state index contributed by atoms with van der Waals surface area (Å²) in [5.74, 6) is 0.141. The fourth-order valence-corrected chi connectivity index (χ4v) is 4.77. The summed E-state index contributed by atoms with van der Waals surface area (Å²) in [6.45, 7) is 7.80. The largest absolute Gasteiger partial charge is 0.341 e. The lowest BCUT2D eigenvalue weighted by Gasteiger charge is -2.22. The van der Waals surface area contributed by atoms with Crippen molar-refractivity contribution in [2.75, 3.05) is 26.2 Å². The molecule has 0 unspecified atom stereocenters. The highest BCUT2D eigenvalue weighted by molar-refractivity contribution is 7.89. The molecule has 1 amide bonds. The molecule has 0 N–H and O–H groups in total. The minimum atomic E-state index is -3.50. The lowest BCUT2D eigenvalue weighted by molar-refractivity contribution is -0.131. The molecule has 0 saturated carbocycles. The summed E-state index contributed by atoms with van der Waals surface area (Å²) in [5, 5.41) is 0. The smallest absolute Gasteiger partial charge is 0.243 e. The summed E-state index contributed by atoms with van der Waals surface area (Å²) in [6, 6.07) is 5.42. The van der Waals surface area contributed by atoms with Crippen LogP contribution in [0.1, 0.15) is 43.7 Å². The van der Waals surface area contributed by atoms with Gasteiger partial charge in [0.2, 0.25) is 15.9 Å². The molecular weight excluding hydrogens is 324 g/mol. The fourth-order valence-electron chi connectivity index (χ4n) is 3.10. The lowest BCUT2D eigenvalue weighted by Crippen LogP contribution is -2.37. The second kappa shape index (κ2) is 8.12. The average molecular weight is 353 g/mol. The van der Waals surface area contributed by atoms with E-state index in [0.717, 1.165) is 24.0 Å². The van der Waals surface area contributed by atoms with Crippen molar-refractivity contribution in [3.05, 3.63) is 29.3 Å². The fraction of sp³-hybridized carbons (Fsp3) is 0.611. The van der Waals surface area contributed by atoms with Crippen LogP contribution in [0.25, 0.3) is 0 Å². The third kappa shape index (κ3) is 4.36.